The summed E-state index contributed by atoms with van der Waals surface area (Å²) < 4.78 is 15.9. The minimum atomic E-state index is 0.560. The van der Waals surface area contributed by atoms with Gasteiger partial charge >= 0.3 is 0 Å². The van der Waals surface area contributed by atoms with E-state index < -0.39 is 0 Å². The maximum absolute atomic E-state index is 6.89. The predicted octanol–water partition coefficient (Wildman–Crippen LogP) is 16.8. The largest absolute Gasteiger partial charge is 0.456 e. The zero-order valence-corrected chi connectivity index (χ0v) is 37.0. The highest BCUT2D eigenvalue weighted by atomic mass is 16.3. The van der Waals surface area contributed by atoms with Crippen molar-refractivity contribution in [3.63, 3.8) is 0 Å². The maximum Gasteiger partial charge on any atom is 0.164 e. The van der Waals surface area contributed by atoms with E-state index in [1.165, 1.54) is 10.8 Å². The zero-order chi connectivity index (χ0) is 45.4. The third kappa shape index (κ3) is 6.38. The lowest BCUT2D eigenvalue weighted by Gasteiger charge is -2.11. The van der Waals surface area contributed by atoms with Gasteiger partial charge in [-0.05, 0) is 88.0 Å². The second-order valence-corrected chi connectivity index (χ2v) is 17.5. The van der Waals surface area contributed by atoms with E-state index in [4.69, 9.17) is 23.8 Å². The van der Waals surface area contributed by atoms with Gasteiger partial charge in [0.05, 0.1) is 16.7 Å². The van der Waals surface area contributed by atoms with Crippen molar-refractivity contribution < 1.29 is 8.83 Å². The molecule has 4 aromatic heterocycles. The Bertz CT molecular complexity index is 4160. The number of hydrogen-bond donors (Lipinski definition) is 0. The molecule has 0 saturated carbocycles. The van der Waals surface area contributed by atoms with Crippen molar-refractivity contribution in [3.8, 4) is 73.2 Å². The van der Waals surface area contributed by atoms with Crippen molar-refractivity contribution in [3.05, 3.63) is 231 Å². The van der Waals surface area contributed by atoms with E-state index in [1.54, 1.807) is 0 Å². The highest BCUT2D eigenvalue weighted by Gasteiger charge is 2.22. The van der Waals surface area contributed by atoms with Gasteiger partial charge in [0.1, 0.15) is 16.7 Å². The lowest BCUT2D eigenvalue weighted by Crippen LogP contribution is -2.00. The van der Waals surface area contributed by atoms with Gasteiger partial charge in [-0.1, -0.05) is 176 Å². The molecule has 0 amide bonds. The Labute approximate surface area is 396 Å². The molecule has 0 fully saturated rings. The summed E-state index contributed by atoms with van der Waals surface area (Å²) in [4.78, 5) is 15.8. The normalized spacial score (nSPS) is 11.8. The molecule has 0 N–H and O–H groups in total. The number of hydrogen-bond acceptors (Lipinski definition) is 5. The van der Waals surface area contributed by atoms with E-state index in [2.05, 4.69) is 211 Å². The number of rotatable bonds is 7. The number of para-hydroxylation sites is 3. The Morgan fingerprint density at radius 3 is 1.43 bits per heavy atom. The maximum atomic E-state index is 6.89. The number of nitrogens with zero attached hydrogens (tertiary/aromatic N) is 4. The summed E-state index contributed by atoms with van der Waals surface area (Å²) in [6, 6.07) is 80.2. The quantitative estimate of drug-likeness (QED) is 0.159. The topological polar surface area (TPSA) is 69.9 Å². The van der Waals surface area contributed by atoms with Crippen LogP contribution in [-0.4, -0.2) is 19.5 Å². The highest BCUT2D eigenvalue weighted by Crippen LogP contribution is 2.44. The highest BCUT2D eigenvalue weighted by molar-refractivity contribution is 6.18. The first-order valence-corrected chi connectivity index (χ1v) is 23.2. The van der Waals surface area contributed by atoms with Crippen molar-refractivity contribution in [1.82, 2.24) is 19.5 Å². The molecule has 0 bridgehead atoms. The van der Waals surface area contributed by atoms with Gasteiger partial charge < -0.3 is 13.4 Å². The Morgan fingerprint density at radius 1 is 0.290 bits per heavy atom. The van der Waals surface area contributed by atoms with Crippen molar-refractivity contribution in [2.24, 2.45) is 0 Å². The van der Waals surface area contributed by atoms with Gasteiger partial charge in [0.25, 0.3) is 0 Å². The first-order valence-electron chi connectivity index (χ1n) is 23.2. The summed E-state index contributed by atoms with van der Waals surface area (Å²) >= 11 is 0. The molecule has 10 aromatic carbocycles. The fraction of sp³-hybridized carbons (Fsp3) is 0. The molecule has 4 heterocycles. The minimum absolute atomic E-state index is 0.560. The lowest BCUT2D eigenvalue weighted by atomic mass is 9.97. The van der Waals surface area contributed by atoms with E-state index in [0.717, 1.165) is 111 Å². The van der Waals surface area contributed by atoms with Crippen LogP contribution in [-0.2, 0) is 0 Å². The van der Waals surface area contributed by atoms with E-state index in [1.807, 2.05) is 24.3 Å². The Hall–Kier alpha value is -9.39. The molecule has 0 saturated heterocycles. The fourth-order valence-electron chi connectivity index (χ4n) is 10.3. The Kier molecular flexibility index (Phi) is 8.79. The van der Waals surface area contributed by atoms with Crippen LogP contribution >= 0.6 is 0 Å². The Morgan fingerprint density at radius 2 is 0.783 bits per heavy atom. The molecule has 6 heteroatoms. The number of fused-ring (bicyclic) bond motifs is 9. The summed E-state index contributed by atoms with van der Waals surface area (Å²) in [5, 5.41) is 6.43. The Balaban J connectivity index is 0.949. The van der Waals surface area contributed by atoms with Crippen LogP contribution in [0.25, 0.3) is 139 Å². The van der Waals surface area contributed by atoms with Crippen LogP contribution in [0.15, 0.2) is 239 Å². The summed E-state index contributed by atoms with van der Waals surface area (Å²) in [6.45, 7) is 0. The van der Waals surface area contributed by atoms with Crippen molar-refractivity contribution in [1.29, 1.82) is 0 Å². The van der Waals surface area contributed by atoms with E-state index >= 15 is 0 Å². The number of aromatic nitrogens is 4. The first-order chi connectivity index (χ1) is 34.2. The first kappa shape index (κ1) is 38.8. The molecule has 0 radical (unpaired) electrons. The molecular weight excluding hydrogens is 845 g/mol. The molecule has 0 atom stereocenters. The molecule has 14 aromatic rings. The SMILES string of the molecule is c1ccc(-c2cccc(-c3nc(-c4cccc(-c5ccccc5)c4)nc(-c4cccc5oc6ccc(-c7cccc8oc9c(-n%10c%11ccccc%11c%11ccccc%11%10)cccc9c78)cc6c45)n3)c2)cc1. The summed E-state index contributed by atoms with van der Waals surface area (Å²) in [5.74, 6) is 1.73. The summed E-state index contributed by atoms with van der Waals surface area (Å²) in [6.07, 6.45) is 0. The van der Waals surface area contributed by atoms with Crippen molar-refractivity contribution >= 4 is 65.7 Å². The molecule has 14 rings (SSSR count). The molecular formula is C63H38N4O2. The van der Waals surface area contributed by atoms with Gasteiger partial charge in [-0.2, -0.15) is 0 Å². The van der Waals surface area contributed by atoms with Gasteiger partial charge in [0.15, 0.2) is 23.1 Å². The van der Waals surface area contributed by atoms with E-state index in [9.17, 15) is 0 Å². The predicted molar refractivity (Wildman–Crippen MR) is 281 cm³/mol. The average Bonchev–Trinajstić information content (AvgIpc) is 4.11. The van der Waals surface area contributed by atoms with Crippen LogP contribution in [0.2, 0.25) is 0 Å². The van der Waals surface area contributed by atoms with Crippen LogP contribution < -0.4 is 0 Å². The zero-order valence-electron chi connectivity index (χ0n) is 37.0. The van der Waals surface area contributed by atoms with Crippen molar-refractivity contribution in [2.75, 3.05) is 0 Å². The molecule has 0 aliphatic heterocycles. The van der Waals surface area contributed by atoms with Gasteiger partial charge in [-0.15, -0.1) is 0 Å². The average molecular weight is 883 g/mol. The molecule has 0 unspecified atom stereocenters. The van der Waals surface area contributed by atoms with Gasteiger partial charge in [0.2, 0.25) is 0 Å². The summed E-state index contributed by atoms with van der Waals surface area (Å²) in [5.41, 5.74) is 15.7. The van der Waals surface area contributed by atoms with Gasteiger partial charge in [0, 0.05) is 49.0 Å². The van der Waals surface area contributed by atoms with Gasteiger partial charge in [-0.3, -0.25) is 0 Å². The standard InChI is InChI=1S/C63H38N4O2/c1-3-16-39(17-4-1)41-20-11-22-44(36-41)61-64-62(45-23-12-21-42(37-45)40-18-5-2-6-19-40)66-63(65-61)50-28-15-32-56-59(50)51-38-43(34-35-55(51)68-56)46-26-14-33-57-58(46)49-27-13-31-54(60(49)69-57)67-52-29-9-7-24-47(52)48-25-8-10-30-53(48)67/h1-38H. The minimum Gasteiger partial charge on any atom is -0.456 e. The van der Waals surface area contributed by atoms with Crippen LogP contribution in [0.3, 0.4) is 0 Å². The second-order valence-electron chi connectivity index (χ2n) is 17.5. The van der Waals surface area contributed by atoms with Crippen LogP contribution in [0.1, 0.15) is 0 Å². The number of furan rings is 2. The van der Waals surface area contributed by atoms with Crippen LogP contribution in [0.4, 0.5) is 0 Å². The molecule has 69 heavy (non-hydrogen) atoms. The third-order valence-corrected chi connectivity index (χ3v) is 13.5. The van der Waals surface area contributed by atoms with Crippen LogP contribution in [0.5, 0.6) is 0 Å². The van der Waals surface area contributed by atoms with Crippen LogP contribution in [0, 0.1) is 0 Å². The van der Waals surface area contributed by atoms with Gasteiger partial charge in [-0.25, -0.2) is 15.0 Å². The molecule has 0 aliphatic carbocycles. The van der Waals surface area contributed by atoms with E-state index in [-0.39, 0.29) is 0 Å². The monoisotopic (exact) mass is 882 g/mol. The molecule has 6 nitrogen and oxygen atoms in total. The smallest absolute Gasteiger partial charge is 0.164 e. The molecule has 322 valence electrons. The third-order valence-electron chi connectivity index (χ3n) is 13.5. The molecule has 0 spiro atoms. The van der Waals surface area contributed by atoms with Crippen molar-refractivity contribution in [2.45, 2.75) is 0 Å². The lowest BCUT2D eigenvalue weighted by molar-refractivity contribution is 0.666. The molecule has 0 aliphatic rings. The number of benzene rings is 10. The summed E-state index contributed by atoms with van der Waals surface area (Å²) in [7, 11) is 0. The second kappa shape index (κ2) is 15.6. The fourth-order valence-corrected chi connectivity index (χ4v) is 10.3. The van der Waals surface area contributed by atoms with E-state index in [0.29, 0.717) is 17.5 Å².